The van der Waals surface area contributed by atoms with E-state index in [1.807, 2.05) is 0 Å². The molecule has 2 amide bonds. The molecule has 0 rings (SSSR count). The number of carbonyl (C=O) groups excluding carboxylic acids is 2. The van der Waals surface area contributed by atoms with Gasteiger partial charge in [0.05, 0.1) is 6.61 Å². The second-order valence-corrected chi connectivity index (χ2v) is 10.1. The first-order chi connectivity index (χ1) is 17.1. The zero-order valence-electron chi connectivity index (χ0n) is 23.3. The summed E-state index contributed by atoms with van der Waals surface area (Å²) in [5, 5.41) is 18.1. The maximum Gasteiger partial charge on any atom is 0.221 e. The van der Waals surface area contributed by atoms with Crippen molar-refractivity contribution in [2.75, 3.05) is 19.7 Å². The first-order valence-electron chi connectivity index (χ1n) is 15.0. The van der Waals surface area contributed by atoms with Crippen molar-refractivity contribution in [3.8, 4) is 0 Å². The summed E-state index contributed by atoms with van der Waals surface area (Å²) in [6.45, 7) is 5.73. The third-order valence-electron chi connectivity index (χ3n) is 6.58. The van der Waals surface area contributed by atoms with Crippen LogP contribution in [0.5, 0.6) is 0 Å². The van der Waals surface area contributed by atoms with Crippen molar-refractivity contribution < 1.29 is 14.7 Å². The minimum absolute atomic E-state index is 0.0171. The predicted octanol–water partition coefficient (Wildman–Crippen LogP) is 6.36. The summed E-state index contributed by atoms with van der Waals surface area (Å²) in [7, 11) is 0. The number of unbranched alkanes of at least 4 members (excludes halogenated alkanes) is 16. The smallest absolute Gasteiger partial charge is 0.221 e. The molecule has 0 aliphatic carbocycles. The molecule has 0 aromatic carbocycles. The summed E-state index contributed by atoms with van der Waals surface area (Å²) in [5.41, 5.74) is 0. The maximum absolute atomic E-state index is 12.4. The van der Waals surface area contributed by atoms with Crippen LogP contribution in [0.2, 0.25) is 0 Å². The van der Waals surface area contributed by atoms with E-state index in [9.17, 15) is 9.59 Å². The van der Waals surface area contributed by atoms with Crippen LogP contribution in [0, 0.1) is 0 Å². The SMILES string of the molecule is CCCCCCCCCCCC(=O)NC(CCNCCO)NC(=O)CCCCCCCCCCC. The molecule has 0 aliphatic rings. The van der Waals surface area contributed by atoms with Crippen LogP contribution in [0.1, 0.15) is 149 Å². The maximum atomic E-state index is 12.4. The second-order valence-electron chi connectivity index (χ2n) is 10.1. The summed E-state index contributed by atoms with van der Waals surface area (Å²) >= 11 is 0. The molecular weight excluding hydrogens is 438 g/mol. The molecular formula is C29H59N3O3. The normalized spacial score (nSPS) is 11.2. The summed E-state index contributed by atoms with van der Waals surface area (Å²) in [4.78, 5) is 24.9. The second kappa shape index (κ2) is 27.4. The molecule has 0 atom stereocenters. The number of rotatable bonds is 27. The Labute approximate surface area is 217 Å². The van der Waals surface area contributed by atoms with Crippen LogP contribution in [0.4, 0.5) is 0 Å². The molecule has 0 spiro atoms. The lowest BCUT2D eigenvalue weighted by molar-refractivity contribution is -0.124. The molecule has 0 aromatic rings. The molecule has 0 saturated heterocycles. The Morgan fingerprint density at radius 1 is 0.571 bits per heavy atom. The third kappa shape index (κ3) is 25.8. The van der Waals surface area contributed by atoms with Crippen LogP contribution in [-0.2, 0) is 9.59 Å². The van der Waals surface area contributed by atoms with Crippen LogP contribution >= 0.6 is 0 Å². The topological polar surface area (TPSA) is 90.5 Å². The third-order valence-corrected chi connectivity index (χ3v) is 6.58. The van der Waals surface area contributed by atoms with Crippen molar-refractivity contribution >= 4 is 11.8 Å². The summed E-state index contributed by atoms with van der Waals surface area (Å²) < 4.78 is 0. The zero-order valence-corrected chi connectivity index (χ0v) is 23.3. The van der Waals surface area contributed by atoms with Gasteiger partial charge in [-0.1, -0.05) is 117 Å². The standard InChI is InChI=1S/C29H59N3O3/c1-3-5-7-9-11-13-15-17-19-21-28(34)31-27(23-24-30-25-26-33)32-29(35)22-20-18-16-14-12-10-8-6-4-2/h27,30,33H,3-26H2,1-2H3,(H,31,34)(H,32,35). The van der Waals surface area contributed by atoms with Gasteiger partial charge in [0.15, 0.2) is 0 Å². The van der Waals surface area contributed by atoms with Gasteiger partial charge in [-0.15, -0.1) is 0 Å². The Morgan fingerprint density at radius 3 is 1.31 bits per heavy atom. The highest BCUT2D eigenvalue weighted by Gasteiger charge is 2.14. The number of hydrogen-bond acceptors (Lipinski definition) is 4. The van der Waals surface area contributed by atoms with Gasteiger partial charge in [0.25, 0.3) is 0 Å². The monoisotopic (exact) mass is 497 g/mol. The fourth-order valence-corrected chi connectivity index (χ4v) is 4.36. The lowest BCUT2D eigenvalue weighted by Gasteiger charge is -2.21. The molecule has 35 heavy (non-hydrogen) atoms. The van der Waals surface area contributed by atoms with Gasteiger partial charge < -0.3 is 21.1 Å². The molecule has 4 N–H and O–H groups in total. The number of aliphatic hydroxyl groups is 1. The molecule has 0 fully saturated rings. The first kappa shape index (κ1) is 33.9. The van der Waals surface area contributed by atoms with Crippen LogP contribution in [0.3, 0.4) is 0 Å². The van der Waals surface area contributed by atoms with Crippen molar-refractivity contribution in [1.82, 2.24) is 16.0 Å². The Hall–Kier alpha value is -1.14. The van der Waals surface area contributed by atoms with Gasteiger partial charge in [0.1, 0.15) is 6.17 Å². The van der Waals surface area contributed by atoms with E-state index in [-0.39, 0.29) is 24.6 Å². The first-order valence-corrected chi connectivity index (χ1v) is 15.0. The quantitative estimate of drug-likeness (QED) is 0.0785. The van der Waals surface area contributed by atoms with Gasteiger partial charge >= 0.3 is 0 Å². The van der Waals surface area contributed by atoms with Gasteiger partial charge in [-0.25, -0.2) is 0 Å². The van der Waals surface area contributed by atoms with Crippen molar-refractivity contribution in [1.29, 1.82) is 0 Å². The van der Waals surface area contributed by atoms with E-state index < -0.39 is 0 Å². The van der Waals surface area contributed by atoms with Crippen molar-refractivity contribution in [2.45, 2.75) is 155 Å². The van der Waals surface area contributed by atoms with Crippen LogP contribution in [0.15, 0.2) is 0 Å². The summed E-state index contributed by atoms with van der Waals surface area (Å²) in [6, 6.07) is 0. The Morgan fingerprint density at radius 2 is 0.943 bits per heavy atom. The van der Waals surface area contributed by atoms with Gasteiger partial charge in [0, 0.05) is 19.4 Å². The highest BCUT2D eigenvalue weighted by Crippen LogP contribution is 2.11. The number of nitrogens with one attached hydrogen (secondary N) is 3. The van der Waals surface area contributed by atoms with E-state index in [0.29, 0.717) is 32.4 Å². The van der Waals surface area contributed by atoms with Crippen molar-refractivity contribution in [2.24, 2.45) is 0 Å². The summed E-state index contributed by atoms with van der Waals surface area (Å²) in [6.07, 6.45) is 23.4. The van der Waals surface area contributed by atoms with E-state index in [1.54, 1.807) is 0 Å². The fraction of sp³-hybridized carbons (Fsp3) is 0.931. The van der Waals surface area contributed by atoms with E-state index >= 15 is 0 Å². The molecule has 0 heterocycles. The number of carbonyl (C=O) groups is 2. The average Bonchev–Trinajstić information content (AvgIpc) is 2.84. The summed E-state index contributed by atoms with van der Waals surface area (Å²) in [5.74, 6) is 0.0342. The van der Waals surface area contributed by atoms with Gasteiger partial charge in [-0.2, -0.15) is 0 Å². The fourth-order valence-electron chi connectivity index (χ4n) is 4.36. The van der Waals surface area contributed by atoms with Gasteiger partial charge in [-0.05, 0) is 25.8 Å². The van der Waals surface area contributed by atoms with Crippen molar-refractivity contribution in [3.63, 3.8) is 0 Å². The highest BCUT2D eigenvalue weighted by molar-refractivity contribution is 5.79. The predicted molar refractivity (Wildman–Crippen MR) is 148 cm³/mol. The Kier molecular flexibility index (Phi) is 26.6. The molecule has 0 aliphatic heterocycles. The van der Waals surface area contributed by atoms with Crippen LogP contribution < -0.4 is 16.0 Å². The largest absolute Gasteiger partial charge is 0.395 e. The lowest BCUT2D eigenvalue weighted by Crippen LogP contribution is -2.49. The van der Waals surface area contributed by atoms with Gasteiger partial charge in [-0.3, -0.25) is 9.59 Å². The molecule has 6 heteroatoms. The molecule has 0 bridgehead atoms. The van der Waals surface area contributed by atoms with E-state index in [0.717, 1.165) is 25.7 Å². The average molecular weight is 498 g/mol. The number of hydrogen-bond donors (Lipinski definition) is 4. The molecule has 0 saturated carbocycles. The minimum Gasteiger partial charge on any atom is -0.395 e. The molecule has 6 nitrogen and oxygen atoms in total. The van der Waals surface area contributed by atoms with E-state index in [4.69, 9.17) is 5.11 Å². The molecule has 208 valence electrons. The Balaban J connectivity index is 4.04. The van der Waals surface area contributed by atoms with E-state index in [2.05, 4.69) is 29.8 Å². The molecule has 0 radical (unpaired) electrons. The Bertz CT molecular complexity index is 438. The van der Waals surface area contributed by atoms with Crippen LogP contribution in [0.25, 0.3) is 0 Å². The lowest BCUT2D eigenvalue weighted by atomic mass is 10.1. The number of amides is 2. The number of aliphatic hydroxyl groups excluding tert-OH is 1. The van der Waals surface area contributed by atoms with Crippen molar-refractivity contribution in [3.05, 3.63) is 0 Å². The van der Waals surface area contributed by atoms with E-state index in [1.165, 1.54) is 89.9 Å². The molecule has 0 unspecified atom stereocenters. The van der Waals surface area contributed by atoms with Crippen LogP contribution in [-0.4, -0.2) is 42.8 Å². The minimum atomic E-state index is -0.349. The zero-order chi connectivity index (χ0) is 25.8. The van der Waals surface area contributed by atoms with Gasteiger partial charge in [0.2, 0.25) is 11.8 Å². The molecule has 0 aromatic heterocycles. The highest BCUT2D eigenvalue weighted by atomic mass is 16.3.